The molecule has 1 aromatic heterocycles. The van der Waals surface area contributed by atoms with Gasteiger partial charge in [0.25, 0.3) is 11.2 Å². The Balaban J connectivity index is 3.32. The molecule has 0 aliphatic carbocycles. The van der Waals surface area contributed by atoms with Crippen LogP contribution < -0.4 is 11.3 Å². The van der Waals surface area contributed by atoms with Crippen LogP contribution in [0.4, 0.5) is 5.69 Å². The molecule has 1 rings (SSSR count). The third kappa shape index (κ3) is 2.92. The Bertz CT molecular complexity index is 498. The molecule has 17 heavy (non-hydrogen) atoms. The third-order valence-electron chi connectivity index (χ3n) is 2.55. The summed E-state index contributed by atoms with van der Waals surface area (Å²) in [7, 11) is 0. The number of nitrogens with two attached hydrogens (primary N) is 1. The monoisotopic (exact) mass is 303 g/mol. The number of hydrogen-bond donors (Lipinski definition) is 1. The zero-order chi connectivity index (χ0) is 13.2. The summed E-state index contributed by atoms with van der Waals surface area (Å²) in [4.78, 5) is 22.2. The summed E-state index contributed by atoms with van der Waals surface area (Å²) >= 11 is 3.09. The fourth-order valence-corrected chi connectivity index (χ4v) is 1.86. The van der Waals surface area contributed by atoms with Crippen LogP contribution in [-0.2, 0) is 6.54 Å². The molecule has 0 fully saturated rings. The lowest BCUT2D eigenvalue weighted by Gasteiger charge is -2.12. The van der Waals surface area contributed by atoms with E-state index in [1.54, 1.807) is 6.92 Å². The van der Waals surface area contributed by atoms with Gasteiger partial charge in [-0.05, 0) is 35.3 Å². The first kappa shape index (κ1) is 13.9. The lowest BCUT2D eigenvalue weighted by molar-refractivity contribution is -0.386. The summed E-state index contributed by atoms with van der Waals surface area (Å²) in [5.74, 6) is 0.0851. The highest BCUT2D eigenvalue weighted by molar-refractivity contribution is 9.10. The Hall–Kier alpha value is -1.21. The average Bonchev–Trinajstić information content (AvgIpc) is 2.29. The van der Waals surface area contributed by atoms with Gasteiger partial charge < -0.3 is 10.3 Å². The van der Waals surface area contributed by atoms with Crippen molar-refractivity contribution in [3.8, 4) is 0 Å². The van der Waals surface area contributed by atoms with Gasteiger partial charge in [-0.15, -0.1) is 0 Å². The molecule has 7 heteroatoms. The van der Waals surface area contributed by atoms with Crippen LogP contribution in [-0.4, -0.2) is 16.0 Å². The molecule has 0 amide bonds. The van der Waals surface area contributed by atoms with E-state index in [1.807, 2.05) is 6.92 Å². The first-order chi connectivity index (χ1) is 7.88. The molecule has 6 nitrogen and oxygen atoms in total. The van der Waals surface area contributed by atoms with Crippen molar-refractivity contribution < 1.29 is 4.92 Å². The van der Waals surface area contributed by atoms with Gasteiger partial charge in [-0.3, -0.25) is 14.9 Å². The van der Waals surface area contributed by atoms with E-state index in [0.717, 1.165) is 0 Å². The van der Waals surface area contributed by atoms with Crippen molar-refractivity contribution in [2.24, 2.45) is 11.7 Å². The number of nitro groups is 1. The Morgan fingerprint density at radius 1 is 1.65 bits per heavy atom. The van der Waals surface area contributed by atoms with Crippen molar-refractivity contribution in [3.63, 3.8) is 0 Å². The zero-order valence-corrected chi connectivity index (χ0v) is 11.2. The standard InChI is InChI=1S/C10H14BrN3O3/c1-6(3-12)4-13-5-8(14(16)17)7(2)9(11)10(13)15/h5-6H,3-4,12H2,1-2H3. The van der Waals surface area contributed by atoms with Crippen LogP contribution in [0.2, 0.25) is 0 Å². The van der Waals surface area contributed by atoms with Crippen molar-refractivity contribution in [2.45, 2.75) is 20.4 Å². The lowest BCUT2D eigenvalue weighted by atomic mass is 10.2. The fourth-order valence-electron chi connectivity index (χ4n) is 1.43. The van der Waals surface area contributed by atoms with E-state index >= 15 is 0 Å². The highest BCUT2D eigenvalue weighted by atomic mass is 79.9. The molecule has 1 atom stereocenters. The first-order valence-electron chi connectivity index (χ1n) is 5.12. The van der Waals surface area contributed by atoms with Crippen LogP contribution in [0.5, 0.6) is 0 Å². The SMILES string of the molecule is Cc1c([N+](=O)[O-])cn(CC(C)CN)c(=O)c1Br. The van der Waals surface area contributed by atoms with E-state index in [4.69, 9.17) is 5.73 Å². The molecule has 0 aliphatic heterocycles. The summed E-state index contributed by atoms with van der Waals surface area (Å²) in [5, 5.41) is 10.8. The summed E-state index contributed by atoms with van der Waals surface area (Å²) in [6.45, 7) is 4.22. The molecule has 0 radical (unpaired) electrons. The largest absolute Gasteiger partial charge is 0.330 e. The highest BCUT2D eigenvalue weighted by Gasteiger charge is 2.18. The van der Waals surface area contributed by atoms with Crippen molar-refractivity contribution >= 4 is 21.6 Å². The summed E-state index contributed by atoms with van der Waals surface area (Å²) < 4.78 is 1.56. The number of aromatic nitrogens is 1. The van der Waals surface area contributed by atoms with Crippen LogP contribution in [0.1, 0.15) is 12.5 Å². The predicted octanol–water partition coefficient (Wildman–Crippen LogP) is 1.42. The fraction of sp³-hybridized carbons (Fsp3) is 0.500. The maximum Gasteiger partial charge on any atom is 0.289 e. The van der Waals surface area contributed by atoms with Crippen LogP contribution >= 0.6 is 15.9 Å². The molecule has 0 saturated carbocycles. The van der Waals surface area contributed by atoms with E-state index in [-0.39, 0.29) is 21.6 Å². The van der Waals surface area contributed by atoms with Gasteiger partial charge in [0.15, 0.2) is 0 Å². The van der Waals surface area contributed by atoms with Crippen LogP contribution in [0.25, 0.3) is 0 Å². The maximum absolute atomic E-state index is 11.9. The molecule has 0 aromatic carbocycles. The van der Waals surface area contributed by atoms with Crippen molar-refractivity contribution in [1.29, 1.82) is 0 Å². The molecular formula is C10H14BrN3O3. The smallest absolute Gasteiger partial charge is 0.289 e. The third-order valence-corrected chi connectivity index (χ3v) is 3.48. The molecule has 94 valence electrons. The Kier molecular flexibility index (Phi) is 4.41. The molecule has 0 saturated heterocycles. The second-order valence-corrected chi connectivity index (χ2v) is 4.80. The van der Waals surface area contributed by atoms with E-state index in [2.05, 4.69) is 15.9 Å². The van der Waals surface area contributed by atoms with Gasteiger partial charge >= 0.3 is 0 Å². The second kappa shape index (κ2) is 5.42. The molecule has 1 heterocycles. The molecule has 0 bridgehead atoms. The van der Waals surface area contributed by atoms with Crippen molar-refractivity contribution in [1.82, 2.24) is 4.57 Å². The minimum atomic E-state index is -0.497. The summed E-state index contributed by atoms with van der Waals surface area (Å²) in [6, 6.07) is 0. The molecule has 0 spiro atoms. The quantitative estimate of drug-likeness (QED) is 0.672. The van der Waals surface area contributed by atoms with Gasteiger partial charge in [0.05, 0.1) is 15.6 Å². The van der Waals surface area contributed by atoms with Crippen molar-refractivity contribution in [3.05, 3.63) is 36.7 Å². The van der Waals surface area contributed by atoms with Crippen LogP contribution in [0.15, 0.2) is 15.5 Å². The highest BCUT2D eigenvalue weighted by Crippen LogP contribution is 2.22. The minimum absolute atomic E-state index is 0.0688. The van der Waals surface area contributed by atoms with Gasteiger partial charge in [0, 0.05) is 12.1 Å². The predicted molar refractivity (Wildman–Crippen MR) is 68.0 cm³/mol. The summed E-state index contributed by atoms with van der Waals surface area (Å²) in [5.41, 5.74) is 5.48. The molecule has 2 N–H and O–H groups in total. The van der Waals surface area contributed by atoms with E-state index < -0.39 is 4.92 Å². The number of nitrogens with zero attached hydrogens (tertiary/aromatic N) is 2. The average molecular weight is 304 g/mol. The number of pyridine rings is 1. The van der Waals surface area contributed by atoms with Gasteiger partial charge in [-0.2, -0.15) is 0 Å². The Morgan fingerprint density at radius 3 is 2.71 bits per heavy atom. The zero-order valence-electron chi connectivity index (χ0n) is 9.64. The van der Waals surface area contributed by atoms with E-state index in [9.17, 15) is 14.9 Å². The molecule has 1 aromatic rings. The number of halogens is 1. The molecular weight excluding hydrogens is 290 g/mol. The van der Waals surface area contributed by atoms with Crippen LogP contribution in [0, 0.1) is 23.0 Å². The molecule has 0 aliphatic rings. The van der Waals surface area contributed by atoms with Gasteiger partial charge in [-0.25, -0.2) is 0 Å². The summed E-state index contributed by atoms with van der Waals surface area (Å²) in [6.07, 6.45) is 1.27. The van der Waals surface area contributed by atoms with E-state index in [1.165, 1.54) is 10.8 Å². The van der Waals surface area contributed by atoms with Gasteiger partial charge in [0.2, 0.25) is 0 Å². The number of rotatable bonds is 4. The van der Waals surface area contributed by atoms with Crippen LogP contribution in [0.3, 0.4) is 0 Å². The Labute approximate surface area is 107 Å². The second-order valence-electron chi connectivity index (χ2n) is 4.01. The topological polar surface area (TPSA) is 91.2 Å². The first-order valence-corrected chi connectivity index (χ1v) is 5.91. The normalized spacial score (nSPS) is 12.5. The van der Waals surface area contributed by atoms with E-state index in [0.29, 0.717) is 18.7 Å². The number of hydrogen-bond acceptors (Lipinski definition) is 4. The van der Waals surface area contributed by atoms with Gasteiger partial charge in [0.1, 0.15) is 0 Å². The Morgan fingerprint density at radius 2 is 2.24 bits per heavy atom. The van der Waals surface area contributed by atoms with Crippen molar-refractivity contribution in [2.75, 3.05) is 6.54 Å². The van der Waals surface area contributed by atoms with Gasteiger partial charge in [-0.1, -0.05) is 6.92 Å². The maximum atomic E-state index is 11.9. The lowest BCUT2D eigenvalue weighted by Crippen LogP contribution is -2.27. The minimum Gasteiger partial charge on any atom is -0.330 e. The molecule has 1 unspecified atom stereocenters.